The summed E-state index contributed by atoms with van der Waals surface area (Å²) < 4.78 is 0. The van der Waals surface area contributed by atoms with Crippen LogP contribution in [0.5, 0.6) is 0 Å². The molecule has 1 saturated carbocycles. The van der Waals surface area contributed by atoms with E-state index in [9.17, 15) is 4.79 Å². The van der Waals surface area contributed by atoms with Crippen molar-refractivity contribution < 1.29 is 4.79 Å². The quantitative estimate of drug-likeness (QED) is 0.830. The minimum absolute atomic E-state index is 0.201. The number of hydrogen-bond donors (Lipinski definition) is 1. The molecular formula is C12H12BrCl2NO. The predicted molar refractivity (Wildman–Crippen MR) is 74.3 cm³/mol. The molecule has 1 amide bonds. The molecule has 2 rings (SSSR count). The van der Waals surface area contributed by atoms with Gasteiger partial charge in [-0.15, -0.1) is 0 Å². The van der Waals surface area contributed by atoms with E-state index in [1.807, 2.05) is 0 Å². The van der Waals surface area contributed by atoms with Crippen molar-refractivity contribution >= 4 is 45.0 Å². The maximum atomic E-state index is 12.0. The molecule has 1 N–H and O–H groups in total. The van der Waals surface area contributed by atoms with Crippen molar-refractivity contribution in [3.8, 4) is 0 Å². The molecule has 0 unspecified atom stereocenters. The number of hydrogen-bond acceptors (Lipinski definition) is 1. The number of benzene rings is 1. The van der Waals surface area contributed by atoms with Gasteiger partial charge in [-0.25, -0.2) is 0 Å². The van der Waals surface area contributed by atoms with Gasteiger partial charge >= 0.3 is 0 Å². The molecular weight excluding hydrogens is 325 g/mol. The van der Waals surface area contributed by atoms with Crippen LogP contribution < -0.4 is 5.32 Å². The molecule has 0 heterocycles. The van der Waals surface area contributed by atoms with Gasteiger partial charge in [0, 0.05) is 11.9 Å². The average Bonchev–Trinajstić information content (AvgIpc) is 3.07. The summed E-state index contributed by atoms with van der Waals surface area (Å²) >= 11 is 15.4. The Morgan fingerprint density at radius 2 is 1.94 bits per heavy atom. The van der Waals surface area contributed by atoms with Crippen LogP contribution in [-0.4, -0.2) is 17.8 Å². The largest absolute Gasteiger partial charge is 0.351 e. The lowest BCUT2D eigenvalue weighted by molar-refractivity contribution is 0.0947. The molecule has 92 valence electrons. The van der Waals surface area contributed by atoms with Crippen LogP contribution in [0.1, 0.15) is 23.2 Å². The molecule has 1 fully saturated rings. The Hall–Kier alpha value is -0.250. The summed E-state index contributed by atoms with van der Waals surface area (Å²) in [4.78, 5) is 12.0. The third-order valence-corrected chi connectivity index (χ3v) is 4.87. The Kier molecular flexibility index (Phi) is 4.01. The number of alkyl halides is 1. The van der Waals surface area contributed by atoms with Crippen LogP contribution >= 0.6 is 39.1 Å². The minimum Gasteiger partial charge on any atom is -0.351 e. The van der Waals surface area contributed by atoms with Crippen molar-refractivity contribution in [1.29, 1.82) is 0 Å². The van der Waals surface area contributed by atoms with Gasteiger partial charge in [-0.1, -0.05) is 45.2 Å². The third kappa shape index (κ3) is 2.95. The summed E-state index contributed by atoms with van der Waals surface area (Å²) in [7, 11) is 0. The second-order valence-electron chi connectivity index (χ2n) is 4.41. The molecule has 0 spiro atoms. The highest BCUT2D eigenvalue weighted by atomic mass is 79.9. The highest BCUT2D eigenvalue weighted by Crippen LogP contribution is 2.46. The first-order valence-corrected chi connectivity index (χ1v) is 7.24. The molecule has 0 atom stereocenters. The molecule has 17 heavy (non-hydrogen) atoms. The zero-order valence-corrected chi connectivity index (χ0v) is 12.2. The SMILES string of the molecule is O=C(NCC1(CBr)CC1)c1c(Cl)cccc1Cl. The van der Waals surface area contributed by atoms with Gasteiger partial charge in [-0.05, 0) is 30.4 Å². The average molecular weight is 337 g/mol. The molecule has 0 aliphatic heterocycles. The Bertz CT molecular complexity index is 426. The molecule has 1 aliphatic carbocycles. The van der Waals surface area contributed by atoms with Crippen molar-refractivity contribution in [2.45, 2.75) is 12.8 Å². The van der Waals surface area contributed by atoms with E-state index in [0.29, 0.717) is 22.2 Å². The third-order valence-electron chi connectivity index (χ3n) is 3.05. The number of carbonyl (C=O) groups is 1. The summed E-state index contributed by atoms with van der Waals surface area (Å²) in [5.41, 5.74) is 0.602. The summed E-state index contributed by atoms with van der Waals surface area (Å²) in [5, 5.41) is 4.59. The molecule has 1 aliphatic rings. The molecule has 0 radical (unpaired) electrons. The van der Waals surface area contributed by atoms with Crippen molar-refractivity contribution in [3.05, 3.63) is 33.8 Å². The van der Waals surface area contributed by atoms with Crippen LogP contribution in [0.4, 0.5) is 0 Å². The van der Waals surface area contributed by atoms with E-state index >= 15 is 0 Å². The summed E-state index contributed by atoms with van der Waals surface area (Å²) in [6, 6.07) is 5.06. The molecule has 0 saturated heterocycles. The van der Waals surface area contributed by atoms with Gasteiger partial charge in [-0.3, -0.25) is 4.79 Å². The fourth-order valence-corrected chi connectivity index (χ4v) is 2.93. The van der Waals surface area contributed by atoms with E-state index in [1.165, 1.54) is 0 Å². The lowest BCUT2D eigenvalue weighted by Crippen LogP contribution is -2.31. The second kappa shape index (κ2) is 5.17. The zero-order valence-electron chi connectivity index (χ0n) is 9.10. The summed E-state index contributed by atoms with van der Waals surface area (Å²) in [6.45, 7) is 0.665. The van der Waals surface area contributed by atoms with Crippen LogP contribution in [0.25, 0.3) is 0 Å². The van der Waals surface area contributed by atoms with E-state index < -0.39 is 0 Å². The first kappa shape index (κ1) is 13.2. The standard InChI is InChI=1S/C12H12BrCl2NO/c13-6-12(4-5-12)7-16-11(17)10-8(14)2-1-3-9(10)15/h1-3H,4-7H2,(H,16,17). The normalized spacial score (nSPS) is 16.6. The van der Waals surface area contributed by atoms with Gasteiger partial charge in [0.15, 0.2) is 0 Å². The topological polar surface area (TPSA) is 29.1 Å². The molecule has 0 aromatic heterocycles. The zero-order chi connectivity index (χ0) is 12.5. The van der Waals surface area contributed by atoms with Crippen LogP contribution in [0.15, 0.2) is 18.2 Å². The fourth-order valence-electron chi connectivity index (χ4n) is 1.61. The van der Waals surface area contributed by atoms with E-state index in [-0.39, 0.29) is 11.3 Å². The van der Waals surface area contributed by atoms with Gasteiger partial charge in [0.2, 0.25) is 0 Å². The lowest BCUT2D eigenvalue weighted by atomic mass is 10.1. The van der Waals surface area contributed by atoms with Crippen LogP contribution in [0.2, 0.25) is 10.0 Å². The number of carbonyl (C=O) groups excluding carboxylic acids is 1. The first-order chi connectivity index (χ1) is 8.08. The highest BCUT2D eigenvalue weighted by Gasteiger charge is 2.41. The highest BCUT2D eigenvalue weighted by molar-refractivity contribution is 9.09. The van der Waals surface area contributed by atoms with Gasteiger partial charge in [0.25, 0.3) is 5.91 Å². The Morgan fingerprint density at radius 3 is 2.41 bits per heavy atom. The Balaban J connectivity index is 2.05. The molecule has 2 nitrogen and oxygen atoms in total. The first-order valence-electron chi connectivity index (χ1n) is 5.36. The van der Waals surface area contributed by atoms with Crippen LogP contribution in [-0.2, 0) is 0 Å². The Labute approximate surface area is 119 Å². The van der Waals surface area contributed by atoms with Gasteiger partial charge in [0.05, 0.1) is 15.6 Å². The number of nitrogens with one attached hydrogen (secondary N) is 1. The van der Waals surface area contributed by atoms with Crippen molar-refractivity contribution in [3.63, 3.8) is 0 Å². The number of halogens is 3. The smallest absolute Gasteiger partial charge is 0.254 e. The van der Waals surface area contributed by atoms with E-state index in [2.05, 4.69) is 21.2 Å². The van der Waals surface area contributed by atoms with E-state index in [0.717, 1.165) is 18.2 Å². The number of rotatable bonds is 4. The summed E-state index contributed by atoms with van der Waals surface area (Å²) in [6.07, 6.45) is 2.30. The van der Waals surface area contributed by atoms with Gasteiger partial charge in [-0.2, -0.15) is 0 Å². The summed E-state index contributed by atoms with van der Waals surface area (Å²) in [5.74, 6) is -0.201. The maximum Gasteiger partial charge on any atom is 0.254 e. The lowest BCUT2D eigenvalue weighted by Gasteiger charge is -2.13. The fraction of sp³-hybridized carbons (Fsp3) is 0.417. The van der Waals surface area contributed by atoms with Crippen molar-refractivity contribution in [1.82, 2.24) is 5.32 Å². The predicted octanol–water partition coefficient (Wildman–Crippen LogP) is 3.90. The Morgan fingerprint density at radius 1 is 1.35 bits per heavy atom. The van der Waals surface area contributed by atoms with Crippen LogP contribution in [0, 0.1) is 5.41 Å². The number of amides is 1. The van der Waals surface area contributed by atoms with Gasteiger partial charge in [0.1, 0.15) is 0 Å². The van der Waals surface area contributed by atoms with Gasteiger partial charge < -0.3 is 5.32 Å². The second-order valence-corrected chi connectivity index (χ2v) is 5.79. The van der Waals surface area contributed by atoms with Crippen molar-refractivity contribution in [2.24, 2.45) is 5.41 Å². The molecule has 0 bridgehead atoms. The van der Waals surface area contributed by atoms with E-state index in [1.54, 1.807) is 18.2 Å². The molecule has 5 heteroatoms. The molecule has 1 aromatic rings. The minimum atomic E-state index is -0.201. The van der Waals surface area contributed by atoms with Crippen LogP contribution in [0.3, 0.4) is 0 Å². The molecule has 1 aromatic carbocycles. The maximum absolute atomic E-state index is 12.0. The monoisotopic (exact) mass is 335 g/mol. The van der Waals surface area contributed by atoms with E-state index in [4.69, 9.17) is 23.2 Å². The van der Waals surface area contributed by atoms with Crippen molar-refractivity contribution in [2.75, 3.05) is 11.9 Å².